The van der Waals surface area contributed by atoms with Gasteiger partial charge in [0.1, 0.15) is 6.42 Å². The normalized spacial score (nSPS) is 15.3. The van der Waals surface area contributed by atoms with Gasteiger partial charge >= 0.3 is 0 Å². The minimum Gasteiger partial charge on any atom is -0.395 e. The van der Waals surface area contributed by atoms with E-state index in [0.717, 1.165) is 12.8 Å². The van der Waals surface area contributed by atoms with Gasteiger partial charge < -0.3 is 10.0 Å². The third-order valence-electron chi connectivity index (χ3n) is 1.88. The summed E-state index contributed by atoms with van der Waals surface area (Å²) >= 11 is 0. The number of hydrogen-bond acceptors (Lipinski definition) is 3. The molecule has 0 bridgehead atoms. The van der Waals surface area contributed by atoms with Crippen molar-refractivity contribution in [1.29, 1.82) is 5.26 Å². The van der Waals surface area contributed by atoms with Gasteiger partial charge in [-0.1, -0.05) is 0 Å². The Labute approximate surface area is 71.4 Å². The number of nitriles is 1. The number of carbonyl (C=O) groups is 1. The van der Waals surface area contributed by atoms with Crippen LogP contribution in [0.2, 0.25) is 0 Å². The number of rotatable bonds is 4. The second-order valence-corrected chi connectivity index (χ2v) is 2.88. The van der Waals surface area contributed by atoms with Crippen LogP contribution in [0.5, 0.6) is 0 Å². The minimum absolute atomic E-state index is 0.0202. The summed E-state index contributed by atoms with van der Waals surface area (Å²) in [7, 11) is 0. The second kappa shape index (κ2) is 4.07. The van der Waals surface area contributed by atoms with Gasteiger partial charge in [-0.05, 0) is 12.8 Å². The van der Waals surface area contributed by atoms with Crippen molar-refractivity contribution < 1.29 is 9.90 Å². The molecule has 0 saturated heterocycles. The van der Waals surface area contributed by atoms with E-state index in [2.05, 4.69) is 0 Å². The summed E-state index contributed by atoms with van der Waals surface area (Å²) in [4.78, 5) is 12.8. The lowest BCUT2D eigenvalue weighted by atomic mass is 10.3. The van der Waals surface area contributed by atoms with Crippen LogP contribution in [0.3, 0.4) is 0 Å². The average molecular weight is 168 g/mol. The van der Waals surface area contributed by atoms with E-state index in [0.29, 0.717) is 6.54 Å². The third kappa shape index (κ3) is 2.21. The highest BCUT2D eigenvalue weighted by molar-refractivity contribution is 5.78. The Bertz CT molecular complexity index is 206. The van der Waals surface area contributed by atoms with E-state index in [1.807, 2.05) is 6.07 Å². The molecule has 0 heterocycles. The predicted octanol–water partition coefficient (Wildman–Crippen LogP) is -0.117. The summed E-state index contributed by atoms with van der Waals surface area (Å²) < 4.78 is 0. The van der Waals surface area contributed by atoms with E-state index in [1.165, 1.54) is 0 Å². The fourth-order valence-electron chi connectivity index (χ4n) is 1.17. The molecule has 12 heavy (non-hydrogen) atoms. The number of carbonyl (C=O) groups excluding carboxylic acids is 1. The summed E-state index contributed by atoms with van der Waals surface area (Å²) in [5.41, 5.74) is 0. The van der Waals surface area contributed by atoms with Crippen LogP contribution in [-0.2, 0) is 4.79 Å². The molecule has 0 unspecified atom stereocenters. The number of hydrogen-bond donors (Lipinski definition) is 1. The lowest BCUT2D eigenvalue weighted by molar-refractivity contribution is -0.131. The van der Waals surface area contributed by atoms with Gasteiger partial charge in [-0.3, -0.25) is 4.79 Å². The molecular formula is C8H12N2O2. The largest absolute Gasteiger partial charge is 0.395 e. The van der Waals surface area contributed by atoms with Gasteiger partial charge in [0.2, 0.25) is 5.91 Å². The molecule has 1 N–H and O–H groups in total. The van der Waals surface area contributed by atoms with Crippen molar-refractivity contribution in [3.05, 3.63) is 0 Å². The van der Waals surface area contributed by atoms with Gasteiger partial charge in [-0.15, -0.1) is 0 Å². The molecule has 0 aromatic heterocycles. The molecule has 0 spiro atoms. The first-order valence-electron chi connectivity index (χ1n) is 4.07. The van der Waals surface area contributed by atoms with Crippen LogP contribution in [0.4, 0.5) is 0 Å². The molecule has 0 radical (unpaired) electrons. The Morgan fingerprint density at radius 2 is 2.33 bits per heavy atom. The molecule has 66 valence electrons. The molecule has 1 fully saturated rings. The molecular weight excluding hydrogens is 156 g/mol. The van der Waals surface area contributed by atoms with E-state index in [9.17, 15) is 4.79 Å². The molecule has 0 aromatic rings. The van der Waals surface area contributed by atoms with Crippen molar-refractivity contribution in [2.45, 2.75) is 25.3 Å². The summed E-state index contributed by atoms with van der Waals surface area (Å²) in [5, 5.41) is 16.9. The van der Waals surface area contributed by atoms with Crippen LogP contribution in [0, 0.1) is 11.3 Å². The minimum atomic E-state index is -0.158. The number of amides is 1. The maximum Gasteiger partial charge on any atom is 0.237 e. The molecule has 1 aliphatic carbocycles. The van der Waals surface area contributed by atoms with Crippen molar-refractivity contribution in [3.8, 4) is 6.07 Å². The van der Waals surface area contributed by atoms with Crippen LogP contribution < -0.4 is 0 Å². The monoisotopic (exact) mass is 168 g/mol. The molecule has 1 aliphatic rings. The van der Waals surface area contributed by atoms with E-state index < -0.39 is 0 Å². The van der Waals surface area contributed by atoms with Crippen LogP contribution >= 0.6 is 0 Å². The third-order valence-corrected chi connectivity index (χ3v) is 1.88. The zero-order valence-corrected chi connectivity index (χ0v) is 6.86. The number of nitrogens with zero attached hydrogens (tertiary/aromatic N) is 2. The Morgan fingerprint density at radius 3 is 2.75 bits per heavy atom. The van der Waals surface area contributed by atoms with Crippen molar-refractivity contribution in [2.24, 2.45) is 0 Å². The van der Waals surface area contributed by atoms with Crippen molar-refractivity contribution in [1.82, 2.24) is 4.90 Å². The second-order valence-electron chi connectivity index (χ2n) is 2.88. The molecule has 1 rings (SSSR count). The van der Waals surface area contributed by atoms with Gasteiger partial charge in [0.15, 0.2) is 0 Å². The lowest BCUT2D eigenvalue weighted by Crippen LogP contribution is -2.35. The highest BCUT2D eigenvalue weighted by atomic mass is 16.3. The standard InChI is InChI=1S/C8H12N2O2/c9-4-3-8(12)10(5-6-11)7-1-2-7/h7,11H,1-3,5-6H2. The first-order chi connectivity index (χ1) is 5.79. The van der Waals surface area contributed by atoms with Gasteiger partial charge in [-0.2, -0.15) is 5.26 Å². The van der Waals surface area contributed by atoms with Crippen LogP contribution in [0.25, 0.3) is 0 Å². The highest BCUT2D eigenvalue weighted by Crippen LogP contribution is 2.26. The summed E-state index contributed by atoms with van der Waals surface area (Å²) in [5.74, 6) is -0.158. The van der Waals surface area contributed by atoms with Gasteiger partial charge in [0.25, 0.3) is 0 Å². The molecule has 0 atom stereocenters. The van der Waals surface area contributed by atoms with Crippen LogP contribution in [0.1, 0.15) is 19.3 Å². The highest BCUT2D eigenvalue weighted by Gasteiger charge is 2.31. The maximum atomic E-state index is 11.2. The van der Waals surface area contributed by atoms with Crippen molar-refractivity contribution in [2.75, 3.05) is 13.2 Å². The van der Waals surface area contributed by atoms with Gasteiger partial charge in [0, 0.05) is 12.6 Å². The Kier molecular flexibility index (Phi) is 3.06. The topological polar surface area (TPSA) is 64.3 Å². The molecule has 0 aromatic carbocycles. The fourth-order valence-corrected chi connectivity index (χ4v) is 1.17. The summed E-state index contributed by atoms with van der Waals surface area (Å²) in [6.45, 7) is 0.346. The Balaban J connectivity index is 2.41. The molecule has 0 aliphatic heterocycles. The van der Waals surface area contributed by atoms with E-state index in [-0.39, 0.29) is 25.0 Å². The zero-order chi connectivity index (χ0) is 8.97. The first kappa shape index (κ1) is 9.01. The van der Waals surface area contributed by atoms with Gasteiger partial charge in [0.05, 0.1) is 12.7 Å². The Hall–Kier alpha value is -1.08. The lowest BCUT2D eigenvalue weighted by Gasteiger charge is -2.19. The van der Waals surface area contributed by atoms with Crippen LogP contribution in [0.15, 0.2) is 0 Å². The summed E-state index contributed by atoms with van der Waals surface area (Å²) in [6.07, 6.45) is 1.95. The van der Waals surface area contributed by atoms with E-state index in [4.69, 9.17) is 10.4 Å². The molecule has 1 amide bonds. The van der Waals surface area contributed by atoms with E-state index >= 15 is 0 Å². The fraction of sp³-hybridized carbons (Fsp3) is 0.750. The Morgan fingerprint density at radius 1 is 1.67 bits per heavy atom. The summed E-state index contributed by atoms with van der Waals surface area (Å²) in [6, 6.07) is 2.11. The quantitative estimate of drug-likeness (QED) is 0.636. The zero-order valence-electron chi connectivity index (χ0n) is 6.86. The SMILES string of the molecule is N#CCC(=O)N(CCO)C1CC1. The predicted molar refractivity (Wildman–Crippen MR) is 42.1 cm³/mol. The van der Waals surface area contributed by atoms with Crippen molar-refractivity contribution >= 4 is 5.91 Å². The van der Waals surface area contributed by atoms with Crippen molar-refractivity contribution in [3.63, 3.8) is 0 Å². The number of aliphatic hydroxyl groups excluding tert-OH is 1. The van der Waals surface area contributed by atoms with E-state index in [1.54, 1.807) is 4.90 Å². The molecule has 1 saturated carbocycles. The van der Waals surface area contributed by atoms with Crippen LogP contribution in [-0.4, -0.2) is 35.1 Å². The maximum absolute atomic E-state index is 11.2. The molecule has 4 heteroatoms. The average Bonchev–Trinajstić information content (AvgIpc) is 2.83. The first-order valence-corrected chi connectivity index (χ1v) is 4.07. The van der Waals surface area contributed by atoms with Gasteiger partial charge in [-0.25, -0.2) is 0 Å². The smallest absolute Gasteiger partial charge is 0.237 e. The molecule has 4 nitrogen and oxygen atoms in total. The number of aliphatic hydroxyl groups is 1.